The highest BCUT2D eigenvalue weighted by atomic mass is 35.5. The van der Waals surface area contributed by atoms with Crippen LogP contribution in [0.4, 0.5) is 10.2 Å². The maximum atomic E-state index is 13.8. The average Bonchev–Trinajstić information content (AvgIpc) is 2.31. The zero-order chi connectivity index (χ0) is 13.1. The molecule has 1 aromatic heterocycles. The van der Waals surface area contributed by atoms with Crippen molar-refractivity contribution in [2.75, 3.05) is 11.9 Å². The summed E-state index contributed by atoms with van der Waals surface area (Å²) in [6, 6.07) is 5.02. The van der Waals surface area contributed by atoms with Gasteiger partial charge in [-0.25, -0.2) is 9.37 Å². The summed E-state index contributed by atoms with van der Waals surface area (Å²) >= 11 is 5.87. The number of hydrogen-bond donors (Lipinski definition) is 1. The third kappa shape index (κ3) is 2.56. The van der Waals surface area contributed by atoms with Crippen LogP contribution >= 0.6 is 11.6 Å². The van der Waals surface area contributed by atoms with Crippen LogP contribution in [0.3, 0.4) is 0 Å². The van der Waals surface area contributed by atoms with Crippen molar-refractivity contribution >= 4 is 28.3 Å². The smallest absolute Gasteiger partial charge is 0.150 e. The normalized spacial score (nSPS) is 10.9. The largest absolute Gasteiger partial charge is 0.370 e. The Kier molecular flexibility index (Phi) is 4.02. The monoisotopic (exact) mass is 266 g/mol. The molecule has 96 valence electrons. The van der Waals surface area contributed by atoms with E-state index in [4.69, 9.17) is 11.6 Å². The van der Waals surface area contributed by atoms with E-state index >= 15 is 0 Å². The zero-order valence-electron chi connectivity index (χ0n) is 10.6. The van der Waals surface area contributed by atoms with Crippen molar-refractivity contribution in [3.63, 3.8) is 0 Å². The SMILES string of the molecule is CCCc1cc2cc(Cl)cc(F)c2nc1NCC. The molecular formula is C14H16ClFN2. The van der Waals surface area contributed by atoms with E-state index in [-0.39, 0.29) is 5.82 Å². The number of rotatable bonds is 4. The van der Waals surface area contributed by atoms with Crippen molar-refractivity contribution < 1.29 is 4.39 Å². The second kappa shape index (κ2) is 5.53. The van der Waals surface area contributed by atoms with E-state index < -0.39 is 0 Å². The Bertz CT molecular complexity index is 569. The van der Waals surface area contributed by atoms with Gasteiger partial charge in [-0.3, -0.25) is 0 Å². The van der Waals surface area contributed by atoms with Gasteiger partial charge < -0.3 is 5.32 Å². The van der Waals surface area contributed by atoms with Crippen molar-refractivity contribution in [2.24, 2.45) is 0 Å². The number of benzene rings is 1. The number of pyridine rings is 1. The van der Waals surface area contributed by atoms with Gasteiger partial charge in [-0.05, 0) is 37.1 Å². The Morgan fingerprint density at radius 2 is 2.06 bits per heavy atom. The molecule has 0 unspecified atom stereocenters. The van der Waals surface area contributed by atoms with Gasteiger partial charge in [0.1, 0.15) is 11.3 Å². The Morgan fingerprint density at radius 3 is 2.72 bits per heavy atom. The summed E-state index contributed by atoms with van der Waals surface area (Å²) in [6.45, 7) is 4.88. The highest BCUT2D eigenvalue weighted by molar-refractivity contribution is 6.31. The Balaban J connectivity index is 2.63. The van der Waals surface area contributed by atoms with Crippen molar-refractivity contribution in [2.45, 2.75) is 26.7 Å². The minimum absolute atomic E-state index is 0.371. The van der Waals surface area contributed by atoms with Crippen LogP contribution in [-0.4, -0.2) is 11.5 Å². The highest BCUT2D eigenvalue weighted by Crippen LogP contribution is 2.26. The molecule has 2 nitrogen and oxygen atoms in total. The molecule has 0 atom stereocenters. The molecule has 0 aliphatic rings. The molecule has 1 heterocycles. The van der Waals surface area contributed by atoms with Crippen LogP contribution in [0.25, 0.3) is 10.9 Å². The maximum absolute atomic E-state index is 13.8. The quantitative estimate of drug-likeness (QED) is 0.887. The molecule has 4 heteroatoms. The van der Waals surface area contributed by atoms with Crippen LogP contribution in [0.5, 0.6) is 0 Å². The van der Waals surface area contributed by atoms with E-state index in [1.807, 2.05) is 13.0 Å². The lowest BCUT2D eigenvalue weighted by Gasteiger charge is -2.11. The van der Waals surface area contributed by atoms with Gasteiger partial charge in [0.2, 0.25) is 0 Å². The van der Waals surface area contributed by atoms with Crippen LogP contribution < -0.4 is 5.32 Å². The number of nitrogens with zero attached hydrogens (tertiary/aromatic N) is 1. The third-order valence-electron chi connectivity index (χ3n) is 2.78. The van der Waals surface area contributed by atoms with Crippen molar-refractivity contribution in [3.8, 4) is 0 Å². The summed E-state index contributed by atoms with van der Waals surface area (Å²) in [5, 5.41) is 4.34. The fourth-order valence-electron chi connectivity index (χ4n) is 2.03. The number of hydrogen-bond acceptors (Lipinski definition) is 2. The van der Waals surface area contributed by atoms with Crippen molar-refractivity contribution in [1.29, 1.82) is 0 Å². The van der Waals surface area contributed by atoms with Crippen molar-refractivity contribution in [3.05, 3.63) is 34.6 Å². The van der Waals surface area contributed by atoms with Crippen LogP contribution in [0, 0.1) is 5.82 Å². The summed E-state index contributed by atoms with van der Waals surface area (Å²) in [6.07, 6.45) is 1.94. The lowest BCUT2D eigenvalue weighted by Crippen LogP contribution is -2.04. The standard InChI is InChI=1S/C14H16ClFN2/c1-3-5-9-6-10-7-11(15)8-12(16)13(10)18-14(9)17-4-2/h6-8H,3-5H2,1-2H3,(H,17,18). The molecule has 2 aromatic rings. The maximum Gasteiger partial charge on any atom is 0.150 e. The van der Waals surface area contributed by atoms with Crippen LogP contribution in [0.15, 0.2) is 18.2 Å². The molecule has 0 aliphatic heterocycles. The Hall–Kier alpha value is -1.35. The van der Waals surface area contributed by atoms with E-state index in [0.29, 0.717) is 10.5 Å². The van der Waals surface area contributed by atoms with E-state index in [2.05, 4.69) is 17.2 Å². The first kappa shape index (κ1) is 13.1. The molecule has 0 amide bonds. The molecule has 18 heavy (non-hydrogen) atoms. The lowest BCUT2D eigenvalue weighted by molar-refractivity contribution is 0.637. The summed E-state index contributed by atoms with van der Waals surface area (Å²) in [4.78, 5) is 4.38. The molecule has 0 saturated heterocycles. The number of fused-ring (bicyclic) bond motifs is 1. The Morgan fingerprint density at radius 1 is 1.28 bits per heavy atom. The first-order chi connectivity index (χ1) is 8.65. The molecule has 2 rings (SSSR count). The zero-order valence-corrected chi connectivity index (χ0v) is 11.3. The molecule has 0 radical (unpaired) electrons. The molecule has 0 saturated carbocycles. The van der Waals surface area contributed by atoms with Crippen LogP contribution in [0.2, 0.25) is 5.02 Å². The van der Waals surface area contributed by atoms with Gasteiger partial charge in [-0.2, -0.15) is 0 Å². The van der Waals surface area contributed by atoms with E-state index in [1.54, 1.807) is 6.07 Å². The number of nitrogens with one attached hydrogen (secondary N) is 1. The van der Waals surface area contributed by atoms with E-state index in [0.717, 1.165) is 36.2 Å². The Labute approximate surface area is 111 Å². The molecule has 0 spiro atoms. The minimum Gasteiger partial charge on any atom is -0.370 e. The van der Waals surface area contributed by atoms with Gasteiger partial charge in [0.25, 0.3) is 0 Å². The molecule has 1 aromatic carbocycles. The number of aryl methyl sites for hydroxylation is 1. The fourth-order valence-corrected chi connectivity index (χ4v) is 2.25. The number of aromatic nitrogens is 1. The predicted molar refractivity (Wildman–Crippen MR) is 74.9 cm³/mol. The average molecular weight is 267 g/mol. The van der Waals surface area contributed by atoms with Gasteiger partial charge in [0.05, 0.1) is 0 Å². The molecule has 1 N–H and O–H groups in total. The third-order valence-corrected chi connectivity index (χ3v) is 3.00. The summed E-state index contributed by atoms with van der Waals surface area (Å²) < 4.78 is 13.8. The molecule has 0 fully saturated rings. The molecular weight excluding hydrogens is 251 g/mol. The summed E-state index contributed by atoms with van der Waals surface area (Å²) in [7, 11) is 0. The van der Waals surface area contributed by atoms with E-state index in [9.17, 15) is 4.39 Å². The van der Waals surface area contributed by atoms with Gasteiger partial charge in [0, 0.05) is 17.0 Å². The van der Waals surface area contributed by atoms with Gasteiger partial charge in [-0.15, -0.1) is 0 Å². The fraction of sp³-hybridized carbons (Fsp3) is 0.357. The minimum atomic E-state index is -0.375. The van der Waals surface area contributed by atoms with Crippen LogP contribution in [-0.2, 0) is 6.42 Å². The summed E-state index contributed by atoms with van der Waals surface area (Å²) in [5.41, 5.74) is 1.48. The number of halogens is 2. The molecule has 0 aliphatic carbocycles. The van der Waals surface area contributed by atoms with Crippen LogP contribution in [0.1, 0.15) is 25.8 Å². The topological polar surface area (TPSA) is 24.9 Å². The first-order valence-corrected chi connectivity index (χ1v) is 6.56. The van der Waals surface area contributed by atoms with E-state index in [1.165, 1.54) is 6.07 Å². The first-order valence-electron chi connectivity index (χ1n) is 6.18. The second-order valence-corrected chi connectivity index (χ2v) is 4.67. The summed E-state index contributed by atoms with van der Waals surface area (Å²) in [5.74, 6) is 0.396. The molecule has 0 bridgehead atoms. The van der Waals surface area contributed by atoms with Gasteiger partial charge in [-0.1, -0.05) is 24.9 Å². The van der Waals surface area contributed by atoms with Gasteiger partial charge >= 0.3 is 0 Å². The number of anilines is 1. The lowest BCUT2D eigenvalue weighted by atomic mass is 10.1. The van der Waals surface area contributed by atoms with Crippen molar-refractivity contribution in [1.82, 2.24) is 4.98 Å². The predicted octanol–water partition coefficient (Wildman–Crippen LogP) is 4.41. The second-order valence-electron chi connectivity index (χ2n) is 4.24. The van der Waals surface area contributed by atoms with Gasteiger partial charge in [0.15, 0.2) is 5.82 Å². The highest BCUT2D eigenvalue weighted by Gasteiger charge is 2.10.